The summed E-state index contributed by atoms with van der Waals surface area (Å²) < 4.78 is 5.35. The Morgan fingerprint density at radius 2 is 2.14 bits per heavy atom. The molecule has 2 atom stereocenters. The fraction of sp³-hybridized carbons (Fsp3) is 0.900. The molecule has 80 valence electrons. The molecule has 2 aliphatic rings. The molecule has 2 unspecified atom stereocenters. The third-order valence-electron chi connectivity index (χ3n) is 3.28. The summed E-state index contributed by atoms with van der Waals surface area (Å²) in [6, 6.07) is 0.272. The van der Waals surface area contributed by atoms with Crippen LogP contribution < -0.4 is 0 Å². The highest BCUT2D eigenvalue weighted by atomic mass is 16.5. The Kier molecular flexibility index (Phi) is 3.03. The van der Waals surface area contributed by atoms with E-state index in [2.05, 4.69) is 4.90 Å². The molecular weight excluding hydrogens is 182 g/mol. The maximum absolute atomic E-state index is 10.9. The molecule has 1 N–H and O–H groups in total. The molecule has 0 amide bonds. The van der Waals surface area contributed by atoms with E-state index in [1.54, 1.807) is 0 Å². The van der Waals surface area contributed by atoms with E-state index in [9.17, 15) is 4.79 Å². The summed E-state index contributed by atoms with van der Waals surface area (Å²) in [5.41, 5.74) is 0. The molecule has 0 bridgehead atoms. The zero-order valence-electron chi connectivity index (χ0n) is 8.32. The van der Waals surface area contributed by atoms with E-state index in [4.69, 9.17) is 9.84 Å². The van der Waals surface area contributed by atoms with Crippen molar-refractivity contribution in [1.29, 1.82) is 0 Å². The lowest BCUT2D eigenvalue weighted by atomic mass is 9.78. The number of hydrogen-bond acceptors (Lipinski definition) is 3. The van der Waals surface area contributed by atoms with Gasteiger partial charge in [-0.15, -0.1) is 0 Å². The van der Waals surface area contributed by atoms with Crippen LogP contribution in [0.25, 0.3) is 0 Å². The third kappa shape index (κ3) is 1.91. The largest absolute Gasteiger partial charge is 0.481 e. The lowest BCUT2D eigenvalue weighted by Gasteiger charge is -2.41. The Morgan fingerprint density at radius 3 is 2.79 bits per heavy atom. The monoisotopic (exact) mass is 199 g/mol. The maximum Gasteiger partial charge on any atom is 0.308 e. The van der Waals surface area contributed by atoms with Crippen molar-refractivity contribution in [1.82, 2.24) is 4.90 Å². The van der Waals surface area contributed by atoms with Crippen LogP contribution >= 0.6 is 0 Å². The Morgan fingerprint density at radius 1 is 1.29 bits per heavy atom. The second-order valence-corrected chi connectivity index (χ2v) is 4.09. The molecule has 1 aliphatic carbocycles. The highest BCUT2D eigenvalue weighted by Gasteiger charge is 2.40. The minimum atomic E-state index is -0.633. The van der Waals surface area contributed by atoms with Crippen molar-refractivity contribution in [3.8, 4) is 0 Å². The molecule has 0 spiro atoms. The average Bonchev–Trinajstić information content (AvgIpc) is 2.29. The minimum absolute atomic E-state index is 0.131. The van der Waals surface area contributed by atoms with Crippen LogP contribution in [0.15, 0.2) is 0 Å². The van der Waals surface area contributed by atoms with Gasteiger partial charge in [-0.05, 0) is 19.3 Å². The molecule has 0 aromatic carbocycles. The average molecular weight is 199 g/mol. The minimum Gasteiger partial charge on any atom is -0.481 e. The lowest BCUT2D eigenvalue weighted by Crippen LogP contribution is -2.50. The highest BCUT2D eigenvalue weighted by molar-refractivity contribution is 5.72. The van der Waals surface area contributed by atoms with Gasteiger partial charge in [-0.25, -0.2) is 0 Å². The fourth-order valence-corrected chi connectivity index (χ4v) is 2.30. The second-order valence-electron chi connectivity index (χ2n) is 4.09. The van der Waals surface area contributed by atoms with Gasteiger partial charge in [-0.1, -0.05) is 0 Å². The van der Waals surface area contributed by atoms with Gasteiger partial charge in [0.05, 0.1) is 12.5 Å². The van der Waals surface area contributed by atoms with Gasteiger partial charge in [-0.2, -0.15) is 0 Å². The van der Waals surface area contributed by atoms with Crippen LogP contribution in [-0.2, 0) is 9.53 Å². The summed E-state index contributed by atoms with van der Waals surface area (Å²) in [7, 11) is 0. The summed E-state index contributed by atoms with van der Waals surface area (Å²) >= 11 is 0. The van der Waals surface area contributed by atoms with Crippen LogP contribution in [0, 0.1) is 5.92 Å². The van der Waals surface area contributed by atoms with Crippen LogP contribution in [0.3, 0.4) is 0 Å². The van der Waals surface area contributed by atoms with E-state index in [1.165, 1.54) is 0 Å². The van der Waals surface area contributed by atoms with Gasteiger partial charge in [0.15, 0.2) is 0 Å². The van der Waals surface area contributed by atoms with Crippen LogP contribution in [0.5, 0.6) is 0 Å². The normalized spacial score (nSPS) is 34.6. The topological polar surface area (TPSA) is 49.8 Å². The van der Waals surface area contributed by atoms with Gasteiger partial charge in [0, 0.05) is 25.7 Å². The number of ether oxygens (including phenoxy) is 1. The molecule has 1 heterocycles. The Labute approximate surface area is 83.8 Å². The Hall–Kier alpha value is -0.610. The SMILES string of the molecule is O=C(O)C1CCC1N1CCCOCC1. The number of carboxylic acids is 1. The smallest absolute Gasteiger partial charge is 0.308 e. The van der Waals surface area contributed by atoms with Gasteiger partial charge >= 0.3 is 5.97 Å². The zero-order valence-corrected chi connectivity index (χ0v) is 8.32. The van der Waals surface area contributed by atoms with E-state index in [0.29, 0.717) is 0 Å². The summed E-state index contributed by atoms with van der Waals surface area (Å²) in [5, 5.41) is 8.95. The number of carbonyl (C=O) groups is 1. The van der Waals surface area contributed by atoms with Crippen LogP contribution in [0.2, 0.25) is 0 Å². The number of aliphatic carboxylic acids is 1. The summed E-state index contributed by atoms with van der Waals surface area (Å²) in [6.07, 6.45) is 2.91. The van der Waals surface area contributed by atoms with E-state index in [0.717, 1.165) is 45.6 Å². The van der Waals surface area contributed by atoms with Crippen molar-refractivity contribution < 1.29 is 14.6 Å². The van der Waals surface area contributed by atoms with E-state index < -0.39 is 5.97 Å². The van der Waals surface area contributed by atoms with Gasteiger partial charge in [-0.3, -0.25) is 9.69 Å². The summed E-state index contributed by atoms with van der Waals surface area (Å²) in [6.45, 7) is 3.46. The van der Waals surface area contributed by atoms with Crippen molar-refractivity contribution in [2.24, 2.45) is 5.92 Å². The molecule has 4 nitrogen and oxygen atoms in total. The number of carboxylic acid groups (broad SMARTS) is 1. The van der Waals surface area contributed by atoms with Gasteiger partial charge in [0.2, 0.25) is 0 Å². The first-order chi connectivity index (χ1) is 6.79. The molecule has 0 aromatic heterocycles. The summed E-state index contributed by atoms with van der Waals surface area (Å²) in [5.74, 6) is -0.764. The van der Waals surface area contributed by atoms with E-state index in [-0.39, 0.29) is 12.0 Å². The fourth-order valence-electron chi connectivity index (χ4n) is 2.30. The zero-order chi connectivity index (χ0) is 9.97. The molecule has 14 heavy (non-hydrogen) atoms. The molecule has 2 rings (SSSR count). The Balaban J connectivity index is 1.90. The molecule has 4 heteroatoms. The molecule has 0 aromatic rings. The highest BCUT2D eigenvalue weighted by Crippen LogP contribution is 2.32. The van der Waals surface area contributed by atoms with Crippen LogP contribution in [0.4, 0.5) is 0 Å². The van der Waals surface area contributed by atoms with E-state index in [1.807, 2.05) is 0 Å². The number of rotatable bonds is 2. The first-order valence-electron chi connectivity index (χ1n) is 5.33. The first-order valence-corrected chi connectivity index (χ1v) is 5.33. The van der Waals surface area contributed by atoms with Crippen LogP contribution in [0.1, 0.15) is 19.3 Å². The maximum atomic E-state index is 10.9. The van der Waals surface area contributed by atoms with Crippen molar-refractivity contribution in [2.75, 3.05) is 26.3 Å². The molecular formula is C10H17NO3. The number of nitrogens with zero attached hydrogens (tertiary/aromatic N) is 1. The van der Waals surface area contributed by atoms with Crippen LogP contribution in [-0.4, -0.2) is 48.3 Å². The van der Waals surface area contributed by atoms with Gasteiger partial charge < -0.3 is 9.84 Å². The predicted octanol–water partition coefficient (Wildman–Crippen LogP) is 0.572. The predicted molar refractivity (Wildman–Crippen MR) is 51.2 cm³/mol. The molecule has 1 aliphatic heterocycles. The Bertz CT molecular complexity index is 211. The van der Waals surface area contributed by atoms with E-state index >= 15 is 0 Å². The molecule has 1 saturated carbocycles. The third-order valence-corrected chi connectivity index (χ3v) is 3.28. The standard InChI is InChI=1S/C10H17NO3/c12-10(13)8-2-3-9(8)11-4-1-6-14-7-5-11/h8-9H,1-7H2,(H,12,13). The summed E-state index contributed by atoms with van der Waals surface area (Å²) in [4.78, 5) is 13.1. The number of hydrogen-bond donors (Lipinski definition) is 1. The van der Waals surface area contributed by atoms with Crippen molar-refractivity contribution in [2.45, 2.75) is 25.3 Å². The van der Waals surface area contributed by atoms with Crippen molar-refractivity contribution in [3.63, 3.8) is 0 Å². The lowest BCUT2D eigenvalue weighted by molar-refractivity contribution is -0.149. The molecule has 1 saturated heterocycles. The molecule has 2 fully saturated rings. The quantitative estimate of drug-likeness (QED) is 0.706. The van der Waals surface area contributed by atoms with Crippen molar-refractivity contribution >= 4 is 5.97 Å². The van der Waals surface area contributed by atoms with Crippen molar-refractivity contribution in [3.05, 3.63) is 0 Å². The molecule has 0 radical (unpaired) electrons. The second kappa shape index (κ2) is 4.28. The van der Waals surface area contributed by atoms with Gasteiger partial charge in [0.25, 0.3) is 0 Å². The van der Waals surface area contributed by atoms with Gasteiger partial charge in [0.1, 0.15) is 0 Å². The first kappa shape index (κ1) is 9.93.